The van der Waals surface area contributed by atoms with Crippen LogP contribution in [0.5, 0.6) is 5.75 Å². The highest BCUT2D eigenvalue weighted by Gasteiger charge is 2.09. The van der Waals surface area contributed by atoms with E-state index in [0.717, 1.165) is 21.8 Å². The summed E-state index contributed by atoms with van der Waals surface area (Å²) >= 11 is 1.30. The molecule has 25 heavy (non-hydrogen) atoms. The number of anilines is 1. The van der Waals surface area contributed by atoms with Gasteiger partial charge in [0.1, 0.15) is 5.75 Å². The van der Waals surface area contributed by atoms with E-state index in [1.165, 1.54) is 11.8 Å². The maximum atomic E-state index is 12.2. The van der Waals surface area contributed by atoms with Gasteiger partial charge >= 0.3 is 0 Å². The van der Waals surface area contributed by atoms with Gasteiger partial charge in [-0.25, -0.2) is 0 Å². The van der Waals surface area contributed by atoms with Crippen LogP contribution in [0.1, 0.15) is 17.5 Å². The molecule has 2 aromatic carbocycles. The quantitative estimate of drug-likeness (QED) is 0.710. The van der Waals surface area contributed by atoms with Crippen molar-refractivity contribution in [2.45, 2.75) is 25.2 Å². The first-order chi connectivity index (χ1) is 12.0. The number of nitrogens with two attached hydrogens (primary N) is 1. The number of benzene rings is 2. The van der Waals surface area contributed by atoms with Crippen LogP contribution in [-0.2, 0) is 9.59 Å². The number of hydrogen-bond acceptors (Lipinski definition) is 4. The summed E-state index contributed by atoms with van der Waals surface area (Å²) in [6.45, 7) is 4.27. The first kappa shape index (κ1) is 18.9. The number of primary amides is 1. The zero-order chi connectivity index (χ0) is 18.2. The van der Waals surface area contributed by atoms with E-state index in [-0.39, 0.29) is 18.1 Å². The minimum absolute atomic E-state index is 0.141. The predicted octanol–water partition coefficient (Wildman–Crippen LogP) is 3.29. The average Bonchev–Trinajstić information content (AvgIpc) is 2.57. The van der Waals surface area contributed by atoms with Crippen LogP contribution in [0.25, 0.3) is 0 Å². The third-order valence-electron chi connectivity index (χ3n) is 3.46. The Bertz CT molecular complexity index is 762. The normalized spacial score (nSPS) is 10.3. The Kier molecular flexibility index (Phi) is 6.89. The molecular weight excluding hydrogens is 336 g/mol. The first-order valence-electron chi connectivity index (χ1n) is 7.96. The number of hydrogen-bond donors (Lipinski definition) is 2. The van der Waals surface area contributed by atoms with Crippen molar-refractivity contribution >= 4 is 29.3 Å². The Hall–Kier alpha value is -2.47. The lowest BCUT2D eigenvalue weighted by Gasteiger charge is -2.12. The number of carbonyl (C=O) groups is 2. The van der Waals surface area contributed by atoms with Crippen LogP contribution in [0.2, 0.25) is 0 Å². The van der Waals surface area contributed by atoms with Crippen molar-refractivity contribution in [3.8, 4) is 5.75 Å². The van der Waals surface area contributed by atoms with Crippen molar-refractivity contribution in [2.24, 2.45) is 5.73 Å². The lowest BCUT2D eigenvalue weighted by molar-refractivity contribution is -0.117. The molecule has 0 aliphatic heterocycles. The Balaban J connectivity index is 1.88. The molecule has 0 saturated carbocycles. The van der Waals surface area contributed by atoms with Crippen molar-refractivity contribution in [3.63, 3.8) is 0 Å². The van der Waals surface area contributed by atoms with E-state index >= 15 is 0 Å². The number of nitrogens with one attached hydrogen (secondary N) is 1. The number of ether oxygens (including phenoxy) is 1. The molecule has 2 rings (SSSR count). The SMILES string of the molecule is Cc1ccc(C)c(OCCC(=O)Nc2ccccc2SCC(N)=O)c1. The van der Waals surface area contributed by atoms with Gasteiger partial charge in [-0.05, 0) is 43.2 Å². The molecule has 0 bridgehead atoms. The van der Waals surface area contributed by atoms with Crippen LogP contribution in [0.15, 0.2) is 47.4 Å². The number of rotatable bonds is 8. The van der Waals surface area contributed by atoms with Gasteiger partial charge in [-0.1, -0.05) is 24.3 Å². The van der Waals surface area contributed by atoms with Crippen molar-refractivity contribution in [1.82, 2.24) is 0 Å². The number of amides is 2. The molecule has 2 aromatic rings. The zero-order valence-corrected chi connectivity index (χ0v) is 15.2. The summed E-state index contributed by atoms with van der Waals surface area (Å²) in [6, 6.07) is 13.3. The minimum Gasteiger partial charge on any atom is -0.493 e. The fourth-order valence-electron chi connectivity index (χ4n) is 2.17. The summed E-state index contributed by atoms with van der Waals surface area (Å²) < 4.78 is 5.71. The van der Waals surface area contributed by atoms with E-state index in [4.69, 9.17) is 10.5 Å². The summed E-state index contributed by atoms with van der Waals surface area (Å²) in [5, 5.41) is 2.85. The number of para-hydroxylation sites is 1. The van der Waals surface area contributed by atoms with E-state index in [9.17, 15) is 9.59 Å². The van der Waals surface area contributed by atoms with Crippen molar-refractivity contribution < 1.29 is 14.3 Å². The average molecular weight is 358 g/mol. The highest BCUT2D eigenvalue weighted by Crippen LogP contribution is 2.26. The second-order valence-corrected chi connectivity index (χ2v) is 6.68. The van der Waals surface area contributed by atoms with Crippen LogP contribution in [-0.4, -0.2) is 24.2 Å². The maximum absolute atomic E-state index is 12.2. The highest BCUT2D eigenvalue weighted by atomic mass is 32.2. The lowest BCUT2D eigenvalue weighted by Crippen LogP contribution is -2.16. The summed E-state index contributed by atoms with van der Waals surface area (Å²) in [5.74, 6) is 0.429. The molecule has 0 radical (unpaired) electrons. The zero-order valence-electron chi connectivity index (χ0n) is 14.4. The van der Waals surface area contributed by atoms with Gasteiger partial charge in [-0.15, -0.1) is 11.8 Å². The molecule has 3 N–H and O–H groups in total. The van der Waals surface area contributed by atoms with Crippen LogP contribution >= 0.6 is 11.8 Å². The van der Waals surface area contributed by atoms with E-state index < -0.39 is 5.91 Å². The number of carbonyl (C=O) groups excluding carboxylic acids is 2. The van der Waals surface area contributed by atoms with Gasteiger partial charge in [0.2, 0.25) is 11.8 Å². The standard InChI is InChI=1S/C19H22N2O3S/c1-13-7-8-14(2)16(11-13)24-10-9-19(23)21-15-5-3-4-6-17(15)25-12-18(20)22/h3-8,11H,9-10,12H2,1-2H3,(H2,20,22)(H,21,23). The minimum atomic E-state index is -0.395. The van der Waals surface area contributed by atoms with E-state index in [1.807, 2.05) is 50.2 Å². The molecule has 0 saturated heterocycles. The summed E-state index contributed by atoms with van der Waals surface area (Å²) in [4.78, 5) is 23.9. The predicted molar refractivity (Wildman–Crippen MR) is 101 cm³/mol. The largest absolute Gasteiger partial charge is 0.493 e. The summed E-state index contributed by atoms with van der Waals surface area (Å²) in [5.41, 5.74) is 8.00. The van der Waals surface area contributed by atoms with Gasteiger partial charge in [0.15, 0.2) is 0 Å². The van der Waals surface area contributed by atoms with Crippen LogP contribution < -0.4 is 15.8 Å². The molecule has 0 spiro atoms. The molecule has 0 aromatic heterocycles. The van der Waals surface area contributed by atoms with Crippen LogP contribution in [0.3, 0.4) is 0 Å². The molecule has 132 valence electrons. The third-order valence-corrected chi connectivity index (χ3v) is 4.56. The van der Waals surface area contributed by atoms with E-state index in [0.29, 0.717) is 12.3 Å². The van der Waals surface area contributed by atoms with Gasteiger partial charge in [-0.2, -0.15) is 0 Å². The van der Waals surface area contributed by atoms with Crippen LogP contribution in [0, 0.1) is 13.8 Å². The maximum Gasteiger partial charge on any atom is 0.227 e. The Morgan fingerprint density at radius 3 is 2.68 bits per heavy atom. The molecule has 5 nitrogen and oxygen atoms in total. The van der Waals surface area contributed by atoms with Gasteiger partial charge in [0, 0.05) is 4.90 Å². The number of aryl methyl sites for hydroxylation is 2. The molecule has 6 heteroatoms. The van der Waals surface area contributed by atoms with E-state index in [2.05, 4.69) is 5.32 Å². The molecule has 0 unspecified atom stereocenters. The summed E-state index contributed by atoms with van der Waals surface area (Å²) in [6.07, 6.45) is 0.238. The molecular formula is C19H22N2O3S. The fourth-order valence-corrected chi connectivity index (χ4v) is 2.92. The Labute approximate surface area is 151 Å². The lowest BCUT2D eigenvalue weighted by atomic mass is 10.1. The Morgan fingerprint density at radius 1 is 1.16 bits per heavy atom. The highest BCUT2D eigenvalue weighted by molar-refractivity contribution is 8.00. The molecule has 0 atom stereocenters. The molecule has 2 amide bonds. The van der Waals surface area contributed by atoms with Gasteiger partial charge in [0.25, 0.3) is 0 Å². The smallest absolute Gasteiger partial charge is 0.227 e. The van der Waals surface area contributed by atoms with Gasteiger partial charge in [-0.3, -0.25) is 9.59 Å². The molecule has 0 heterocycles. The third kappa shape index (κ3) is 6.15. The van der Waals surface area contributed by atoms with Gasteiger partial charge in [0.05, 0.1) is 24.5 Å². The van der Waals surface area contributed by atoms with Crippen molar-refractivity contribution in [1.29, 1.82) is 0 Å². The topological polar surface area (TPSA) is 81.4 Å². The fraction of sp³-hybridized carbons (Fsp3) is 0.263. The van der Waals surface area contributed by atoms with E-state index in [1.54, 1.807) is 6.07 Å². The second kappa shape index (κ2) is 9.13. The van der Waals surface area contributed by atoms with Crippen LogP contribution in [0.4, 0.5) is 5.69 Å². The number of thioether (sulfide) groups is 1. The first-order valence-corrected chi connectivity index (χ1v) is 8.94. The van der Waals surface area contributed by atoms with Gasteiger partial charge < -0.3 is 15.8 Å². The van der Waals surface area contributed by atoms with Crippen molar-refractivity contribution in [2.75, 3.05) is 17.7 Å². The van der Waals surface area contributed by atoms with Crippen molar-refractivity contribution in [3.05, 3.63) is 53.6 Å². The molecule has 0 aliphatic carbocycles. The monoisotopic (exact) mass is 358 g/mol. The second-order valence-electron chi connectivity index (χ2n) is 5.67. The Morgan fingerprint density at radius 2 is 1.92 bits per heavy atom. The summed E-state index contributed by atoms with van der Waals surface area (Å²) in [7, 11) is 0. The molecule has 0 aliphatic rings. The molecule has 0 fully saturated rings.